The van der Waals surface area contributed by atoms with E-state index in [-0.39, 0.29) is 29.0 Å². The van der Waals surface area contributed by atoms with Crippen LogP contribution in [0.15, 0.2) is 41.6 Å². The molecule has 1 aliphatic heterocycles. The number of carbonyl (C=O) groups excluding carboxylic acids is 1. The largest absolute Gasteiger partial charge is 0.433 e. The van der Waals surface area contributed by atoms with E-state index in [9.17, 15) is 18.0 Å². The molecule has 0 bridgehead atoms. The van der Waals surface area contributed by atoms with Gasteiger partial charge in [0.05, 0.1) is 23.2 Å². The van der Waals surface area contributed by atoms with Crippen molar-refractivity contribution in [3.05, 3.63) is 42.1 Å². The van der Waals surface area contributed by atoms with E-state index < -0.39 is 17.1 Å². The van der Waals surface area contributed by atoms with Crippen LogP contribution in [-0.4, -0.2) is 51.3 Å². The van der Waals surface area contributed by atoms with Crippen LogP contribution in [-0.2, 0) is 15.7 Å². The van der Waals surface area contributed by atoms with Gasteiger partial charge >= 0.3 is 6.18 Å². The first kappa shape index (κ1) is 21.6. The van der Waals surface area contributed by atoms with E-state index >= 15 is 0 Å². The minimum Gasteiger partial charge on any atom is -0.372 e. The van der Waals surface area contributed by atoms with Crippen LogP contribution in [0.5, 0.6) is 0 Å². The van der Waals surface area contributed by atoms with Crippen LogP contribution in [0.1, 0.15) is 26.5 Å². The Kier molecular flexibility index (Phi) is 6.48. The van der Waals surface area contributed by atoms with Gasteiger partial charge in [-0.25, -0.2) is 9.97 Å². The molecular weight excluding hydrogens is 403 g/mol. The highest BCUT2D eigenvalue weighted by Crippen LogP contribution is 2.33. The molecule has 1 amide bonds. The Balaban J connectivity index is 1.85. The molecule has 0 aliphatic carbocycles. The lowest BCUT2D eigenvalue weighted by atomic mass is 10.1. The second-order valence-corrected chi connectivity index (χ2v) is 8.35. The number of hydrogen-bond donors (Lipinski definition) is 0. The number of rotatable bonds is 4. The Morgan fingerprint density at radius 1 is 1.17 bits per heavy atom. The van der Waals surface area contributed by atoms with Crippen molar-refractivity contribution in [2.75, 3.05) is 13.1 Å². The highest BCUT2D eigenvalue weighted by atomic mass is 32.2. The molecule has 9 heteroatoms. The molecular formula is C20H22F3N3O2S. The molecule has 0 N–H and O–H groups in total. The van der Waals surface area contributed by atoms with Gasteiger partial charge in [-0.05, 0) is 26.8 Å². The van der Waals surface area contributed by atoms with Crippen molar-refractivity contribution in [1.82, 2.24) is 14.9 Å². The molecule has 3 unspecified atom stereocenters. The first-order chi connectivity index (χ1) is 13.6. The second-order valence-electron chi connectivity index (χ2n) is 7.05. The lowest BCUT2D eigenvalue weighted by molar-refractivity contribution is -0.142. The predicted molar refractivity (Wildman–Crippen MR) is 104 cm³/mol. The monoisotopic (exact) mass is 425 g/mol. The fraction of sp³-hybridized carbons (Fsp3) is 0.450. The van der Waals surface area contributed by atoms with Crippen molar-refractivity contribution >= 4 is 17.7 Å². The summed E-state index contributed by atoms with van der Waals surface area (Å²) in [5, 5.41) is -0.700. The number of halogens is 3. The molecule has 29 heavy (non-hydrogen) atoms. The molecule has 1 aromatic carbocycles. The SMILES string of the molecule is CC1CN(C(=O)C(C)Sc2nc(-c3ccccc3)cc(C(F)(F)F)n2)CC(C)O1. The number of nitrogens with zero attached hydrogens (tertiary/aromatic N) is 3. The van der Waals surface area contributed by atoms with Crippen molar-refractivity contribution in [2.24, 2.45) is 0 Å². The van der Waals surface area contributed by atoms with Gasteiger partial charge in [0.2, 0.25) is 5.91 Å². The van der Waals surface area contributed by atoms with E-state index in [0.29, 0.717) is 18.7 Å². The summed E-state index contributed by atoms with van der Waals surface area (Å²) in [6.07, 6.45) is -4.78. The lowest BCUT2D eigenvalue weighted by Gasteiger charge is -2.36. The van der Waals surface area contributed by atoms with Gasteiger partial charge in [-0.2, -0.15) is 13.2 Å². The van der Waals surface area contributed by atoms with Gasteiger partial charge in [0.1, 0.15) is 5.69 Å². The zero-order chi connectivity index (χ0) is 21.2. The Bertz CT molecular complexity index is 854. The molecule has 2 aromatic rings. The number of hydrogen-bond acceptors (Lipinski definition) is 5. The predicted octanol–water partition coefficient (Wildman–Crippen LogP) is 4.28. The third-order valence-corrected chi connectivity index (χ3v) is 5.38. The third kappa shape index (κ3) is 5.48. The maximum atomic E-state index is 13.3. The Hall–Kier alpha value is -2.13. The topological polar surface area (TPSA) is 55.3 Å². The number of thioether (sulfide) groups is 1. The van der Waals surface area contributed by atoms with Crippen molar-refractivity contribution in [3.63, 3.8) is 0 Å². The van der Waals surface area contributed by atoms with Crippen LogP contribution in [0.2, 0.25) is 0 Å². The molecule has 0 radical (unpaired) electrons. The standard InChI is InChI=1S/C20H22F3N3O2S/c1-12-10-26(11-13(2)28-12)18(27)14(3)29-19-24-16(15-7-5-4-6-8-15)9-17(25-19)20(21,22)23/h4-9,12-14H,10-11H2,1-3H3. The van der Waals surface area contributed by atoms with Gasteiger partial charge in [-0.3, -0.25) is 4.79 Å². The van der Waals surface area contributed by atoms with Crippen LogP contribution in [0.3, 0.4) is 0 Å². The average Bonchev–Trinajstić information content (AvgIpc) is 2.66. The number of benzene rings is 1. The molecule has 1 aliphatic rings. The number of morpholine rings is 1. The van der Waals surface area contributed by atoms with Crippen LogP contribution < -0.4 is 0 Å². The second kappa shape index (κ2) is 8.71. The summed E-state index contributed by atoms with van der Waals surface area (Å²) in [7, 11) is 0. The Morgan fingerprint density at radius 3 is 2.38 bits per heavy atom. The summed E-state index contributed by atoms with van der Waals surface area (Å²) >= 11 is 0.933. The number of alkyl halides is 3. The number of carbonyl (C=O) groups is 1. The maximum Gasteiger partial charge on any atom is 0.433 e. The first-order valence-corrected chi connectivity index (χ1v) is 10.1. The molecule has 3 atom stereocenters. The van der Waals surface area contributed by atoms with Crippen molar-refractivity contribution < 1.29 is 22.7 Å². The van der Waals surface area contributed by atoms with Gasteiger partial charge in [-0.15, -0.1) is 0 Å². The van der Waals surface area contributed by atoms with Gasteiger partial charge in [0.25, 0.3) is 0 Å². The summed E-state index contributed by atoms with van der Waals surface area (Å²) in [5.41, 5.74) is -0.303. The summed E-state index contributed by atoms with van der Waals surface area (Å²) < 4.78 is 45.7. The van der Waals surface area contributed by atoms with Crippen LogP contribution in [0.25, 0.3) is 11.3 Å². The zero-order valence-corrected chi connectivity index (χ0v) is 17.1. The van der Waals surface area contributed by atoms with Gasteiger partial charge in [-0.1, -0.05) is 42.1 Å². The summed E-state index contributed by atoms with van der Waals surface area (Å²) in [4.78, 5) is 22.4. The Morgan fingerprint density at radius 2 is 1.79 bits per heavy atom. The molecule has 0 saturated carbocycles. The van der Waals surface area contributed by atoms with Gasteiger partial charge < -0.3 is 9.64 Å². The zero-order valence-electron chi connectivity index (χ0n) is 16.3. The van der Waals surface area contributed by atoms with Crippen LogP contribution >= 0.6 is 11.8 Å². The van der Waals surface area contributed by atoms with Crippen LogP contribution in [0, 0.1) is 0 Å². The molecule has 1 fully saturated rings. The maximum absolute atomic E-state index is 13.3. The lowest BCUT2D eigenvalue weighted by Crippen LogP contribution is -2.50. The minimum absolute atomic E-state index is 0.0751. The molecule has 1 aromatic heterocycles. The minimum atomic E-state index is -4.61. The normalized spacial score (nSPS) is 21.1. The van der Waals surface area contributed by atoms with Gasteiger partial charge in [0, 0.05) is 18.7 Å². The third-order valence-electron chi connectivity index (χ3n) is 4.43. The summed E-state index contributed by atoms with van der Waals surface area (Å²) in [5.74, 6) is -0.167. The molecule has 2 heterocycles. The summed E-state index contributed by atoms with van der Waals surface area (Å²) in [6, 6.07) is 9.52. The molecule has 1 saturated heterocycles. The summed E-state index contributed by atoms with van der Waals surface area (Å²) in [6.45, 7) is 6.33. The van der Waals surface area contributed by atoms with Crippen molar-refractivity contribution in [1.29, 1.82) is 0 Å². The van der Waals surface area contributed by atoms with E-state index in [2.05, 4.69) is 9.97 Å². The Labute approximate surface area is 171 Å². The number of ether oxygens (including phenoxy) is 1. The van der Waals surface area contributed by atoms with E-state index in [1.807, 2.05) is 13.8 Å². The van der Waals surface area contributed by atoms with Crippen molar-refractivity contribution in [3.8, 4) is 11.3 Å². The average molecular weight is 425 g/mol. The highest BCUT2D eigenvalue weighted by Gasteiger charge is 2.35. The van der Waals surface area contributed by atoms with Crippen LogP contribution in [0.4, 0.5) is 13.2 Å². The van der Waals surface area contributed by atoms with E-state index in [4.69, 9.17) is 4.74 Å². The van der Waals surface area contributed by atoms with E-state index in [1.54, 1.807) is 42.2 Å². The molecule has 156 valence electrons. The quantitative estimate of drug-likeness (QED) is 0.541. The highest BCUT2D eigenvalue weighted by molar-refractivity contribution is 8.00. The molecule has 0 spiro atoms. The fourth-order valence-corrected chi connectivity index (χ4v) is 4.07. The molecule has 5 nitrogen and oxygen atoms in total. The fourth-order valence-electron chi connectivity index (χ4n) is 3.20. The smallest absolute Gasteiger partial charge is 0.372 e. The van der Waals surface area contributed by atoms with E-state index in [1.165, 1.54) is 0 Å². The van der Waals surface area contributed by atoms with E-state index in [0.717, 1.165) is 17.8 Å². The first-order valence-electron chi connectivity index (χ1n) is 9.26. The number of amides is 1. The molecule has 3 rings (SSSR count). The van der Waals surface area contributed by atoms with Gasteiger partial charge in [0.15, 0.2) is 5.16 Å². The number of aromatic nitrogens is 2. The van der Waals surface area contributed by atoms with Crippen molar-refractivity contribution in [2.45, 2.75) is 49.6 Å².